The Morgan fingerprint density at radius 1 is 1.56 bits per heavy atom. The number of amides is 2. The van der Waals surface area contributed by atoms with Crippen molar-refractivity contribution in [2.75, 3.05) is 20.7 Å². The van der Waals surface area contributed by atoms with Gasteiger partial charge in [-0.25, -0.2) is 4.79 Å². The number of primary amides is 1. The van der Waals surface area contributed by atoms with Crippen LogP contribution in [0.25, 0.3) is 0 Å². The van der Waals surface area contributed by atoms with Crippen LogP contribution in [0.3, 0.4) is 0 Å². The molecule has 0 bridgehead atoms. The summed E-state index contributed by atoms with van der Waals surface area (Å²) in [6.45, 7) is 0.584. The quantitative estimate of drug-likeness (QED) is 0.921. The molecule has 1 aromatic carbocycles. The molecule has 4 nitrogen and oxygen atoms in total. The smallest absolute Gasteiger partial charge is 0.314 e. The third-order valence-corrected chi connectivity index (χ3v) is 3.12. The monoisotopic (exact) mass is 286 g/mol. The first kappa shape index (κ1) is 12.8. The molecule has 0 aliphatic rings. The zero-order valence-electron chi connectivity index (χ0n) is 9.37. The molecule has 88 valence electrons. The van der Waals surface area contributed by atoms with Crippen LogP contribution in [-0.2, 0) is 6.42 Å². The zero-order valence-corrected chi connectivity index (χ0v) is 11.0. The number of hydrogen-bond acceptors (Lipinski definition) is 2. The van der Waals surface area contributed by atoms with Crippen molar-refractivity contribution in [3.05, 3.63) is 28.2 Å². The number of urea groups is 1. The molecular formula is C11H15BrN2O2. The number of nitrogens with two attached hydrogens (primary N) is 1. The second-order valence-electron chi connectivity index (χ2n) is 3.47. The fraction of sp³-hybridized carbons (Fsp3) is 0.364. The van der Waals surface area contributed by atoms with Gasteiger partial charge in [0.2, 0.25) is 0 Å². The van der Waals surface area contributed by atoms with Crippen LogP contribution in [0, 0.1) is 0 Å². The first-order valence-electron chi connectivity index (χ1n) is 4.87. The molecule has 0 saturated carbocycles. The molecular weight excluding hydrogens is 272 g/mol. The summed E-state index contributed by atoms with van der Waals surface area (Å²) in [6.07, 6.45) is 0.733. The Kier molecular flexibility index (Phi) is 4.61. The molecule has 0 atom stereocenters. The van der Waals surface area contributed by atoms with Gasteiger partial charge in [-0.1, -0.05) is 15.9 Å². The SMILES string of the molecule is COc1ccc(Br)c(CCN(C)C(N)=O)c1. The number of ether oxygens (including phenoxy) is 1. The largest absolute Gasteiger partial charge is 0.497 e. The van der Waals surface area contributed by atoms with E-state index >= 15 is 0 Å². The number of halogens is 1. The molecule has 0 saturated heterocycles. The Morgan fingerprint density at radius 2 is 2.25 bits per heavy atom. The number of rotatable bonds is 4. The van der Waals surface area contributed by atoms with Crippen LogP contribution in [0.1, 0.15) is 5.56 Å². The lowest BCUT2D eigenvalue weighted by Crippen LogP contribution is -2.33. The van der Waals surface area contributed by atoms with Crippen molar-refractivity contribution in [3.63, 3.8) is 0 Å². The van der Waals surface area contributed by atoms with Gasteiger partial charge in [-0.05, 0) is 30.2 Å². The molecule has 16 heavy (non-hydrogen) atoms. The van der Waals surface area contributed by atoms with Crippen molar-refractivity contribution in [3.8, 4) is 5.75 Å². The van der Waals surface area contributed by atoms with Gasteiger partial charge in [0.05, 0.1) is 7.11 Å². The molecule has 0 radical (unpaired) electrons. The van der Waals surface area contributed by atoms with Gasteiger partial charge in [-0.3, -0.25) is 0 Å². The average Bonchev–Trinajstić information content (AvgIpc) is 2.27. The second kappa shape index (κ2) is 5.75. The minimum absolute atomic E-state index is 0.418. The van der Waals surface area contributed by atoms with Gasteiger partial charge < -0.3 is 15.4 Å². The highest BCUT2D eigenvalue weighted by atomic mass is 79.9. The molecule has 1 aromatic rings. The minimum Gasteiger partial charge on any atom is -0.497 e. The summed E-state index contributed by atoms with van der Waals surface area (Å²) in [5, 5.41) is 0. The van der Waals surface area contributed by atoms with E-state index in [-0.39, 0.29) is 0 Å². The third kappa shape index (κ3) is 3.41. The number of likely N-dealkylation sites (N-methyl/N-ethyl adjacent to an activating group) is 1. The molecule has 2 amide bonds. The first-order valence-corrected chi connectivity index (χ1v) is 5.67. The lowest BCUT2D eigenvalue weighted by Gasteiger charge is -2.14. The van der Waals surface area contributed by atoms with Crippen LogP contribution >= 0.6 is 15.9 Å². The first-order chi connectivity index (χ1) is 7.54. The van der Waals surface area contributed by atoms with E-state index in [2.05, 4.69) is 15.9 Å². The number of carbonyl (C=O) groups is 1. The van der Waals surface area contributed by atoms with Crippen molar-refractivity contribution >= 4 is 22.0 Å². The van der Waals surface area contributed by atoms with E-state index in [4.69, 9.17) is 10.5 Å². The summed E-state index contributed by atoms with van der Waals surface area (Å²) in [5.74, 6) is 0.805. The summed E-state index contributed by atoms with van der Waals surface area (Å²) in [4.78, 5) is 12.3. The van der Waals surface area contributed by atoms with Crippen LogP contribution in [0.4, 0.5) is 4.79 Å². The summed E-state index contributed by atoms with van der Waals surface area (Å²) >= 11 is 3.46. The minimum atomic E-state index is -0.418. The van der Waals surface area contributed by atoms with Crippen molar-refractivity contribution in [2.45, 2.75) is 6.42 Å². The van der Waals surface area contributed by atoms with E-state index in [9.17, 15) is 4.79 Å². The lowest BCUT2D eigenvalue weighted by molar-refractivity contribution is 0.219. The maximum absolute atomic E-state index is 10.8. The molecule has 0 heterocycles. The summed E-state index contributed by atoms with van der Waals surface area (Å²) in [7, 11) is 3.30. The van der Waals surface area contributed by atoms with Crippen LogP contribution in [0.5, 0.6) is 5.75 Å². The molecule has 0 aromatic heterocycles. The van der Waals surface area contributed by atoms with E-state index < -0.39 is 6.03 Å². The zero-order chi connectivity index (χ0) is 12.1. The Hall–Kier alpha value is -1.23. The molecule has 0 aliphatic carbocycles. The normalized spacial score (nSPS) is 9.94. The van der Waals surface area contributed by atoms with Crippen molar-refractivity contribution in [1.82, 2.24) is 4.90 Å². The highest BCUT2D eigenvalue weighted by Gasteiger charge is 2.06. The predicted octanol–water partition coefficient (Wildman–Crippen LogP) is 2.01. The van der Waals surface area contributed by atoms with Crippen molar-refractivity contribution in [1.29, 1.82) is 0 Å². The molecule has 5 heteroatoms. The molecule has 0 aliphatic heterocycles. The van der Waals surface area contributed by atoms with Gasteiger partial charge >= 0.3 is 6.03 Å². The van der Waals surface area contributed by atoms with Crippen molar-refractivity contribution in [2.24, 2.45) is 5.73 Å². The Bertz CT molecular complexity index is 382. The molecule has 0 unspecified atom stereocenters. The molecule has 0 spiro atoms. The van der Waals surface area contributed by atoms with E-state index in [1.165, 1.54) is 4.90 Å². The number of carbonyl (C=O) groups excluding carboxylic acids is 1. The maximum atomic E-state index is 10.8. The number of methoxy groups -OCH3 is 1. The van der Waals surface area contributed by atoms with E-state index in [1.54, 1.807) is 14.2 Å². The standard InChI is InChI=1S/C11H15BrN2O2/c1-14(11(13)15)6-5-8-7-9(16-2)3-4-10(8)12/h3-4,7H,5-6H2,1-2H3,(H2,13,15). The van der Waals surface area contributed by atoms with E-state index in [0.29, 0.717) is 6.54 Å². The van der Waals surface area contributed by atoms with Crippen LogP contribution in [0.2, 0.25) is 0 Å². The second-order valence-corrected chi connectivity index (χ2v) is 4.32. The lowest BCUT2D eigenvalue weighted by atomic mass is 10.1. The maximum Gasteiger partial charge on any atom is 0.314 e. The Balaban J connectivity index is 2.69. The Labute approximate surface area is 103 Å². The van der Waals surface area contributed by atoms with Crippen LogP contribution < -0.4 is 10.5 Å². The van der Waals surface area contributed by atoms with Crippen LogP contribution in [0.15, 0.2) is 22.7 Å². The fourth-order valence-corrected chi connectivity index (χ4v) is 1.71. The van der Waals surface area contributed by atoms with Gasteiger partial charge in [0.1, 0.15) is 5.75 Å². The highest BCUT2D eigenvalue weighted by Crippen LogP contribution is 2.22. The summed E-state index contributed by atoms with van der Waals surface area (Å²) < 4.78 is 6.14. The van der Waals surface area contributed by atoms with Gasteiger partial charge in [-0.2, -0.15) is 0 Å². The van der Waals surface area contributed by atoms with Gasteiger partial charge in [0.15, 0.2) is 0 Å². The topological polar surface area (TPSA) is 55.6 Å². The van der Waals surface area contributed by atoms with Crippen LogP contribution in [-0.4, -0.2) is 31.6 Å². The average molecular weight is 287 g/mol. The number of nitrogens with zero attached hydrogens (tertiary/aromatic N) is 1. The molecule has 1 rings (SSSR count). The number of benzene rings is 1. The molecule has 2 N–H and O–H groups in total. The highest BCUT2D eigenvalue weighted by molar-refractivity contribution is 9.10. The van der Waals surface area contributed by atoms with Gasteiger partial charge in [0.25, 0.3) is 0 Å². The third-order valence-electron chi connectivity index (χ3n) is 2.35. The number of hydrogen-bond donors (Lipinski definition) is 1. The van der Waals surface area contributed by atoms with Crippen molar-refractivity contribution < 1.29 is 9.53 Å². The Morgan fingerprint density at radius 3 is 2.81 bits per heavy atom. The summed E-state index contributed by atoms with van der Waals surface area (Å²) in [6, 6.07) is 5.34. The van der Waals surface area contributed by atoms with Gasteiger partial charge in [0, 0.05) is 18.1 Å². The van der Waals surface area contributed by atoms with E-state index in [0.717, 1.165) is 22.2 Å². The molecule has 0 fully saturated rings. The van der Waals surface area contributed by atoms with E-state index in [1.807, 2.05) is 18.2 Å². The summed E-state index contributed by atoms with van der Waals surface area (Å²) in [5.41, 5.74) is 6.24. The predicted molar refractivity (Wildman–Crippen MR) is 66.6 cm³/mol. The fourth-order valence-electron chi connectivity index (χ4n) is 1.27. The van der Waals surface area contributed by atoms with Gasteiger partial charge in [-0.15, -0.1) is 0 Å².